The van der Waals surface area contributed by atoms with Gasteiger partial charge in [-0.2, -0.15) is 0 Å². The van der Waals surface area contributed by atoms with Gasteiger partial charge in [0, 0.05) is 12.6 Å². The first-order valence-electron chi connectivity index (χ1n) is 10.8. The largest absolute Gasteiger partial charge is 0.332 e. The molecule has 3 aromatic rings. The van der Waals surface area contributed by atoms with Crippen LogP contribution in [0, 0.1) is 6.92 Å². The number of aromatic nitrogens is 1. The number of aryl methyl sites for hydroxylation is 1. The van der Waals surface area contributed by atoms with Crippen LogP contribution >= 0.6 is 11.3 Å². The lowest BCUT2D eigenvalue weighted by Crippen LogP contribution is -3.28. The quantitative estimate of drug-likeness (QED) is 0.623. The monoisotopic (exact) mass is 424 g/mol. The minimum absolute atomic E-state index is 0.00210. The number of nitrogens with zero attached hydrogens (tertiary/aromatic N) is 2. The number of hydrogen-bond donors (Lipinski definition) is 2. The van der Waals surface area contributed by atoms with Crippen molar-refractivity contribution in [1.82, 2.24) is 9.88 Å². The van der Waals surface area contributed by atoms with Gasteiger partial charge < -0.3 is 14.7 Å². The van der Waals surface area contributed by atoms with Gasteiger partial charge in [-0.05, 0) is 31.5 Å². The lowest BCUT2D eigenvalue weighted by molar-refractivity contribution is -1.02. The molecule has 4 rings (SSSR count). The summed E-state index contributed by atoms with van der Waals surface area (Å²) in [6.07, 6.45) is 0. The Balaban J connectivity index is 1.29. The average Bonchev–Trinajstić information content (AvgIpc) is 3.20. The zero-order chi connectivity index (χ0) is 21.1. The van der Waals surface area contributed by atoms with Crippen LogP contribution in [0.1, 0.15) is 29.1 Å². The molecule has 2 heterocycles. The van der Waals surface area contributed by atoms with Crippen LogP contribution < -0.4 is 9.80 Å². The molecule has 158 valence electrons. The van der Waals surface area contributed by atoms with E-state index in [9.17, 15) is 4.79 Å². The number of piperazine rings is 1. The van der Waals surface area contributed by atoms with Gasteiger partial charge in [-0.1, -0.05) is 36.4 Å². The predicted molar refractivity (Wildman–Crippen MR) is 122 cm³/mol. The first-order valence-corrected chi connectivity index (χ1v) is 11.7. The Morgan fingerprint density at radius 1 is 1.07 bits per heavy atom. The molecule has 1 amide bonds. The molecule has 0 aliphatic carbocycles. The molecule has 0 radical (unpaired) electrons. The number of carbonyl (C=O) groups excluding carboxylic acids is 1. The number of fused-ring (bicyclic) bond motifs is 1. The molecule has 0 unspecified atom stereocenters. The summed E-state index contributed by atoms with van der Waals surface area (Å²) >= 11 is 1.68. The summed E-state index contributed by atoms with van der Waals surface area (Å²) in [5.41, 5.74) is 3.83. The normalized spacial score (nSPS) is 20.2. The van der Waals surface area contributed by atoms with Crippen molar-refractivity contribution >= 4 is 27.5 Å². The molecule has 2 aromatic carbocycles. The van der Waals surface area contributed by atoms with Gasteiger partial charge in [0.1, 0.15) is 37.7 Å². The molecule has 30 heavy (non-hydrogen) atoms. The molecule has 5 nitrogen and oxygen atoms in total. The topological polar surface area (TPSA) is 42.1 Å². The smallest absolute Gasteiger partial charge is 0.278 e. The van der Waals surface area contributed by atoms with Crippen molar-refractivity contribution in [1.29, 1.82) is 0 Å². The van der Waals surface area contributed by atoms with E-state index in [0.717, 1.165) is 43.2 Å². The van der Waals surface area contributed by atoms with Crippen molar-refractivity contribution in [3.63, 3.8) is 0 Å². The van der Waals surface area contributed by atoms with Gasteiger partial charge in [0.15, 0.2) is 6.54 Å². The second kappa shape index (κ2) is 9.25. The third-order valence-corrected chi connectivity index (χ3v) is 7.62. The molecule has 0 saturated carbocycles. The van der Waals surface area contributed by atoms with Gasteiger partial charge >= 0.3 is 0 Å². The molecular formula is C24H32N4OS+2. The Morgan fingerprint density at radius 2 is 1.73 bits per heavy atom. The van der Waals surface area contributed by atoms with Gasteiger partial charge in [-0.15, -0.1) is 11.3 Å². The maximum absolute atomic E-state index is 12.9. The Kier molecular flexibility index (Phi) is 6.46. The van der Waals surface area contributed by atoms with E-state index in [2.05, 4.69) is 44.2 Å². The van der Waals surface area contributed by atoms with E-state index in [1.54, 1.807) is 16.2 Å². The lowest BCUT2D eigenvalue weighted by atomic mass is 10.1. The molecular weight excluding hydrogens is 392 g/mol. The van der Waals surface area contributed by atoms with Crippen molar-refractivity contribution < 1.29 is 14.6 Å². The summed E-state index contributed by atoms with van der Waals surface area (Å²) < 4.78 is 1.18. The Morgan fingerprint density at radius 3 is 2.47 bits per heavy atom. The number of nitrogens with one attached hydrogen (secondary N) is 2. The van der Waals surface area contributed by atoms with Crippen LogP contribution in [0.4, 0.5) is 0 Å². The van der Waals surface area contributed by atoms with Gasteiger partial charge in [0.25, 0.3) is 5.91 Å². The highest BCUT2D eigenvalue weighted by Gasteiger charge is 2.28. The number of para-hydroxylation sites is 1. The summed E-state index contributed by atoms with van der Waals surface area (Å²) in [5.74, 6) is 0.208. The Labute approximate surface area is 182 Å². The van der Waals surface area contributed by atoms with E-state index in [1.165, 1.54) is 20.7 Å². The summed E-state index contributed by atoms with van der Waals surface area (Å²) in [5, 5.41) is 1.01. The maximum atomic E-state index is 12.9. The molecule has 1 aromatic heterocycles. The van der Waals surface area contributed by atoms with Crippen molar-refractivity contribution in [2.45, 2.75) is 26.4 Å². The number of thiazole rings is 1. The first-order chi connectivity index (χ1) is 14.5. The highest BCUT2D eigenvalue weighted by atomic mass is 32.1. The summed E-state index contributed by atoms with van der Waals surface area (Å²) in [6, 6.07) is 16.8. The van der Waals surface area contributed by atoms with Crippen LogP contribution in [0.2, 0.25) is 0 Å². The summed E-state index contributed by atoms with van der Waals surface area (Å²) in [6.45, 7) is 10.3. The first kappa shape index (κ1) is 21.0. The number of carbonyl (C=O) groups is 1. The Hall–Kier alpha value is -2.28. The van der Waals surface area contributed by atoms with Gasteiger partial charge in [0.05, 0.1) is 16.3 Å². The second-order valence-corrected chi connectivity index (χ2v) is 9.54. The summed E-state index contributed by atoms with van der Waals surface area (Å²) in [7, 11) is 1.91. The van der Waals surface area contributed by atoms with Crippen LogP contribution in [-0.4, -0.2) is 55.6 Å². The van der Waals surface area contributed by atoms with Crippen molar-refractivity contribution in [2.75, 3.05) is 39.8 Å². The zero-order valence-electron chi connectivity index (χ0n) is 18.1. The fourth-order valence-electron chi connectivity index (χ4n) is 4.18. The van der Waals surface area contributed by atoms with E-state index >= 15 is 0 Å². The van der Waals surface area contributed by atoms with Gasteiger partial charge in [-0.25, -0.2) is 4.98 Å². The zero-order valence-corrected chi connectivity index (χ0v) is 19.0. The average molecular weight is 425 g/mol. The van der Waals surface area contributed by atoms with Crippen LogP contribution in [0.15, 0.2) is 48.5 Å². The van der Waals surface area contributed by atoms with Crippen LogP contribution in [0.5, 0.6) is 0 Å². The van der Waals surface area contributed by atoms with Crippen LogP contribution in [-0.2, 0) is 11.3 Å². The number of likely N-dealkylation sites (N-methyl/N-ethyl adjacent to an activating group) is 1. The molecule has 6 heteroatoms. The second-order valence-electron chi connectivity index (χ2n) is 8.48. The highest BCUT2D eigenvalue weighted by Crippen LogP contribution is 2.28. The standard InChI is InChI=1S/C24H30N4OS/c1-18-8-4-5-9-20(18)16-27-12-14-28(15-13-27)17-23(29)26(3)19(2)24-25-21-10-6-7-11-22(21)30-24/h4-11,19H,12-17H2,1-3H3/p+2/t19-/m1/s1. The number of quaternary nitrogens is 2. The predicted octanol–water partition coefficient (Wildman–Crippen LogP) is 1.11. The number of amides is 1. The van der Waals surface area contributed by atoms with Crippen molar-refractivity contribution in [2.24, 2.45) is 0 Å². The number of benzene rings is 2. The third kappa shape index (κ3) is 4.72. The van der Waals surface area contributed by atoms with E-state index in [1.807, 2.05) is 30.1 Å². The van der Waals surface area contributed by atoms with Crippen LogP contribution in [0.3, 0.4) is 0 Å². The van der Waals surface area contributed by atoms with E-state index in [0.29, 0.717) is 6.54 Å². The van der Waals surface area contributed by atoms with Crippen LogP contribution in [0.25, 0.3) is 10.2 Å². The molecule has 1 aliphatic rings. The van der Waals surface area contributed by atoms with E-state index in [4.69, 9.17) is 4.98 Å². The summed E-state index contributed by atoms with van der Waals surface area (Å²) in [4.78, 5) is 22.6. The maximum Gasteiger partial charge on any atom is 0.278 e. The van der Waals surface area contributed by atoms with Crippen molar-refractivity contribution in [3.8, 4) is 0 Å². The molecule has 1 aliphatic heterocycles. The fourth-order valence-corrected chi connectivity index (χ4v) is 5.24. The highest BCUT2D eigenvalue weighted by molar-refractivity contribution is 7.18. The molecule has 0 spiro atoms. The molecule has 1 saturated heterocycles. The third-order valence-electron chi connectivity index (χ3n) is 6.41. The number of hydrogen-bond acceptors (Lipinski definition) is 3. The minimum atomic E-state index is 0.00210. The van der Waals surface area contributed by atoms with E-state index < -0.39 is 0 Å². The minimum Gasteiger partial charge on any atom is -0.332 e. The number of rotatable bonds is 6. The van der Waals surface area contributed by atoms with Gasteiger partial charge in [0.2, 0.25) is 0 Å². The van der Waals surface area contributed by atoms with Crippen molar-refractivity contribution in [3.05, 3.63) is 64.7 Å². The SMILES string of the molecule is Cc1ccccc1C[NH+]1CC[NH+](CC(=O)N(C)[C@H](C)c2nc3ccccc3s2)CC1. The molecule has 0 bridgehead atoms. The molecule has 1 fully saturated rings. The molecule has 1 atom stereocenters. The van der Waals surface area contributed by atoms with Gasteiger partial charge in [-0.3, -0.25) is 4.79 Å². The fraction of sp³-hybridized carbons (Fsp3) is 0.417. The van der Waals surface area contributed by atoms with E-state index in [-0.39, 0.29) is 11.9 Å². The molecule has 2 N–H and O–H groups in total. The lowest BCUT2D eigenvalue weighted by Gasteiger charge is -2.31. The Bertz CT molecular complexity index is 976.